The van der Waals surface area contributed by atoms with Crippen LogP contribution in [0.25, 0.3) is 0 Å². The van der Waals surface area contributed by atoms with Crippen LogP contribution in [0.3, 0.4) is 0 Å². The van der Waals surface area contributed by atoms with Crippen molar-refractivity contribution in [2.75, 3.05) is 14.0 Å². The molecule has 3 heteroatoms. The second-order valence-corrected chi connectivity index (χ2v) is 1.46. The van der Waals surface area contributed by atoms with Crippen LogP contribution in [-0.2, 0) is 4.79 Å². The molecule has 0 heterocycles. The fraction of sp³-hybridized carbons (Fsp3) is 0.800. The lowest BCUT2D eigenvalue weighted by Gasteiger charge is -2.11. The number of carbonyl (C=O) groups excluding carboxylic acids is 1. The van der Waals surface area contributed by atoms with Gasteiger partial charge >= 0.3 is 0 Å². The Morgan fingerprint density at radius 1 is 1.88 bits per heavy atom. The first kappa shape index (κ1) is 1.99. The zero-order valence-electron chi connectivity index (χ0n) is 10.5. The summed E-state index contributed by atoms with van der Waals surface area (Å²) < 4.78 is 41.3. The van der Waals surface area contributed by atoms with Crippen molar-refractivity contribution in [2.45, 2.75) is 13.0 Å². The molecule has 1 atom stereocenters. The minimum absolute atomic E-state index is 0.148. The molecule has 1 unspecified atom stereocenters. The number of likely N-dealkylation sites (N-methyl/N-ethyl adjacent to an activating group) is 1. The molecule has 48 valence electrons. The number of amides is 1. The molecule has 8 heavy (non-hydrogen) atoms. The van der Waals surface area contributed by atoms with E-state index in [2.05, 4.69) is 0 Å². The predicted octanol–water partition coefficient (Wildman–Crippen LogP) is -0.578. The van der Waals surface area contributed by atoms with Gasteiger partial charge in [-0.1, -0.05) is 0 Å². The SMILES string of the molecule is [2H]C([2H])([2H])N(C(=O)C(C)N)C([2H])([2H])[2H]. The highest BCUT2D eigenvalue weighted by Gasteiger charge is 2.07. The van der Waals surface area contributed by atoms with Gasteiger partial charge in [-0.2, -0.15) is 0 Å². The molecule has 0 aromatic heterocycles. The number of nitrogens with two attached hydrogens (primary N) is 1. The van der Waals surface area contributed by atoms with Crippen molar-refractivity contribution in [3.63, 3.8) is 0 Å². The lowest BCUT2D eigenvalue weighted by molar-refractivity contribution is -0.129. The molecule has 0 aliphatic heterocycles. The summed E-state index contributed by atoms with van der Waals surface area (Å²) in [6.07, 6.45) is 0. The second kappa shape index (κ2) is 2.67. The maximum absolute atomic E-state index is 11.2. The van der Waals surface area contributed by atoms with Crippen LogP contribution in [0.4, 0.5) is 0 Å². The maximum Gasteiger partial charge on any atom is 0.238 e. The Labute approximate surface area is 57.9 Å². The first-order valence-electron chi connectivity index (χ1n) is 5.07. The molecule has 0 radical (unpaired) electrons. The van der Waals surface area contributed by atoms with Crippen molar-refractivity contribution in [1.29, 1.82) is 0 Å². The molecule has 0 aromatic carbocycles. The Bertz CT molecular complexity index is 205. The summed E-state index contributed by atoms with van der Waals surface area (Å²) in [5.74, 6) is -1.12. The number of carbonyl (C=O) groups is 1. The molecule has 0 aliphatic rings. The first-order valence-corrected chi connectivity index (χ1v) is 2.07. The Morgan fingerprint density at radius 3 is 2.50 bits per heavy atom. The van der Waals surface area contributed by atoms with Gasteiger partial charge in [0.15, 0.2) is 0 Å². The van der Waals surface area contributed by atoms with Crippen LogP contribution < -0.4 is 5.73 Å². The highest BCUT2D eigenvalue weighted by molar-refractivity contribution is 5.80. The topological polar surface area (TPSA) is 46.3 Å². The third-order valence-electron chi connectivity index (χ3n) is 0.610. The van der Waals surface area contributed by atoms with E-state index in [-0.39, 0.29) is 4.90 Å². The van der Waals surface area contributed by atoms with Gasteiger partial charge in [-0.3, -0.25) is 4.79 Å². The molecular formula is C5H12N2O. The van der Waals surface area contributed by atoms with Gasteiger partial charge in [-0.25, -0.2) is 0 Å². The normalized spacial score (nSPS) is 27.2. The average Bonchev–Trinajstić information content (AvgIpc) is 1.79. The van der Waals surface area contributed by atoms with Crippen LogP contribution in [0.5, 0.6) is 0 Å². The molecule has 2 N–H and O–H groups in total. The second-order valence-electron chi connectivity index (χ2n) is 1.46. The zero-order valence-corrected chi connectivity index (χ0v) is 4.51. The molecule has 0 fully saturated rings. The quantitative estimate of drug-likeness (QED) is 0.506. The van der Waals surface area contributed by atoms with Gasteiger partial charge in [0.25, 0.3) is 0 Å². The van der Waals surface area contributed by atoms with Crippen LogP contribution >= 0.6 is 0 Å². The molecule has 0 spiro atoms. The van der Waals surface area contributed by atoms with Gasteiger partial charge in [-0.15, -0.1) is 0 Å². The van der Waals surface area contributed by atoms with E-state index in [9.17, 15) is 4.79 Å². The molecule has 0 saturated carbocycles. The van der Waals surface area contributed by atoms with Crippen LogP contribution in [-0.4, -0.2) is 30.8 Å². The monoisotopic (exact) mass is 122 g/mol. The minimum Gasteiger partial charge on any atom is -0.347 e. The van der Waals surface area contributed by atoms with Gasteiger partial charge < -0.3 is 10.6 Å². The van der Waals surface area contributed by atoms with E-state index in [0.29, 0.717) is 0 Å². The summed E-state index contributed by atoms with van der Waals surface area (Å²) >= 11 is 0. The lowest BCUT2D eigenvalue weighted by atomic mass is 10.3. The number of hydrogen-bond donors (Lipinski definition) is 1. The Hall–Kier alpha value is -0.570. The van der Waals surface area contributed by atoms with Gasteiger partial charge in [0.05, 0.1) is 6.04 Å². The lowest BCUT2D eigenvalue weighted by Crippen LogP contribution is -2.37. The third-order valence-corrected chi connectivity index (χ3v) is 0.610. The van der Waals surface area contributed by atoms with E-state index in [1.165, 1.54) is 6.92 Å². The van der Waals surface area contributed by atoms with Crippen molar-refractivity contribution >= 4 is 5.91 Å². The molecule has 0 rings (SSSR count). The standard InChI is InChI=1S/C5H12N2O/c1-4(6)5(8)7(2)3/h4H,6H2,1-3H3/i2D3,3D3. The first-order chi connectivity index (χ1) is 5.98. The Balaban J connectivity index is 5.05. The molecule has 0 aromatic rings. The van der Waals surface area contributed by atoms with Crippen molar-refractivity contribution in [1.82, 2.24) is 4.90 Å². The summed E-state index contributed by atoms with van der Waals surface area (Å²) in [5, 5.41) is 0. The van der Waals surface area contributed by atoms with Crippen LogP contribution in [0.1, 0.15) is 15.1 Å². The third kappa shape index (κ3) is 1.93. The van der Waals surface area contributed by atoms with E-state index in [0.717, 1.165) is 0 Å². The largest absolute Gasteiger partial charge is 0.347 e. The molecule has 0 saturated heterocycles. The minimum atomic E-state index is -3.00. The summed E-state index contributed by atoms with van der Waals surface area (Å²) in [6.45, 7) is -4.78. The van der Waals surface area contributed by atoms with Gasteiger partial charge in [0.1, 0.15) is 0 Å². The summed E-state index contributed by atoms with van der Waals surface area (Å²) in [7, 11) is 0. The van der Waals surface area contributed by atoms with E-state index < -0.39 is 25.9 Å². The molecule has 1 amide bonds. The highest BCUT2D eigenvalue weighted by Crippen LogP contribution is 1.81. The van der Waals surface area contributed by atoms with Gasteiger partial charge in [-0.05, 0) is 6.92 Å². The fourth-order valence-electron chi connectivity index (χ4n) is 0.204. The van der Waals surface area contributed by atoms with Gasteiger partial charge in [0.2, 0.25) is 5.91 Å². The summed E-state index contributed by atoms with van der Waals surface area (Å²) in [4.78, 5) is 11.1. The Kier molecular flexibility index (Phi) is 0.663. The van der Waals surface area contributed by atoms with Crippen molar-refractivity contribution in [3.05, 3.63) is 0 Å². The average molecular weight is 122 g/mol. The number of rotatable bonds is 1. The van der Waals surface area contributed by atoms with E-state index in [1.807, 2.05) is 0 Å². The van der Waals surface area contributed by atoms with E-state index in [4.69, 9.17) is 14.0 Å². The van der Waals surface area contributed by atoms with Crippen molar-refractivity contribution in [3.8, 4) is 0 Å². The van der Waals surface area contributed by atoms with E-state index >= 15 is 0 Å². The van der Waals surface area contributed by atoms with Crippen LogP contribution in [0.15, 0.2) is 0 Å². The number of nitrogens with zero attached hydrogens (tertiary/aromatic N) is 1. The molecule has 0 aliphatic carbocycles. The molecular weight excluding hydrogens is 104 g/mol. The smallest absolute Gasteiger partial charge is 0.238 e. The highest BCUT2D eigenvalue weighted by atomic mass is 16.2. The molecule has 3 nitrogen and oxygen atoms in total. The zero-order chi connectivity index (χ0) is 11.7. The van der Waals surface area contributed by atoms with Crippen LogP contribution in [0.2, 0.25) is 0 Å². The summed E-state index contributed by atoms with van der Waals surface area (Å²) in [6, 6.07) is -1.16. The van der Waals surface area contributed by atoms with Crippen molar-refractivity contribution < 1.29 is 13.0 Å². The summed E-state index contributed by atoms with van der Waals surface area (Å²) in [5.41, 5.74) is 5.14. The number of hydrogen-bond acceptors (Lipinski definition) is 2. The predicted molar refractivity (Wildman–Crippen MR) is 32.3 cm³/mol. The molecule has 0 bridgehead atoms. The van der Waals surface area contributed by atoms with Crippen molar-refractivity contribution in [2.24, 2.45) is 5.73 Å². The van der Waals surface area contributed by atoms with Crippen LogP contribution in [0, 0.1) is 0 Å². The Morgan fingerprint density at radius 2 is 2.38 bits per heavy atom. The van der Waals surface area contributed by atoms with E-state index in [1.54, 1.807) is 0 Å². The fourth-order valence-corrected chi connectivity index (χ4v) is 0.204. The van der Waals surface area contributed by atoms with Gasteiger partial charge in [0, 0.05) is 22.2 Å². The maximum atomic E-state index is 11.2.